The third kappa shape index (κ3) is 1.50. The molecule has 0 unspecified atom stereocenters. The van der Waals surface area contributed by atoms with Crippen LogP contribution in [0.15, 0.2) is 12.2 Å². The molecule has 2 aliphatic rings. The van der Waals surface area contributed by atoms with Crippen LogP contribution in [0.25, 0.3) is 0 Å². The van der Waals surface area contributed by atoms with Crippen molar-refractivity contribution in [3.05, 3.63) is 12.2 Å². The summed E-state index contributed by atoms with van der Waals surface area (Å²) in [5, 5.41) is 0. The fraction of sp³-hybridized carbons (Fsp3) is 0.727. The Hall–Kier alpha value is -0.790. The third-order valence-electron chi connectivity index (χ3n) is 3.35. The SMILES string of the molecule is C[C@@H]1C=CC(=O)OC12CCCCC2. The summed E-state index contributed by atoms with van der Waals surface area (Å²) in [4.78, 5) is 11.2. The van der Waals surface area contributed by atoms with Crippen molar-refractivity contribution < 1.29 is 9.53 Å². The Balaban J connectivity index is 2.19. The molecule has 1 heterocycles. The van der Waals surface area contributed by atoms with Gasteiger partial charge in [0.25, 0.3) is 0 Å². The van der Waals surface area contributed by atoms with E-state index in [1.165, 1.54) is 19.3 Å². The smallest absolute Gasteiger partial charge is 0.331 e. The molecule has 1 atom stereocenters. The van der Waals surface area contributed by atoms with Crippen molar-refractivity contribution >= 4 is 5.97 Å². The Morgan fingerprint density at radius 3 is 2.77 bits per heavy atom. The molecule has 0 amide bonds. The summed E-state index contributed by atoms with van der Waals surface area (Å²) in [7, 11) is 0. The first-order valence-corrected chi connectivity index (χ1v) is 5.14. The number of hydrogen-bond acceptors (Lipinski definition) is 2. The molecule has 1 saturated carbocycles. The number of carbonyl (C=O) groups excluding carboxylic acids is 1. The molecule has 72 valence electrons. The Morgan fingerprint density at radius 2 is 2.08 bits per heavy atom. The van der Waals surface area contributed by atoms with Gasteiger partial charge in [-0.25, -0.2) is 4.79 Å². The Kier molecular flexibility index (Phi) is 2.14. The van der Waals surface area contributed by atoms with Gasteiger partial charge in [-0.15, -0.1) is 0 Å². The van der Waals surface area contributed by atoms with Gasteiger partial charge < -0.3 is 4.74 Å². The summed E-state index contributed by atoms with van der Waals surface area (Å²) in [6.45, 7) is 2.15. The van der Waals surface area contributed by atoms with Crippen molar-refractivity contribution in [3.63, 3.8) is 0 Å². The van der Waals surface area contributed by atoms with Gasteiger partial charge in [0.1, 0.15) is 5.60 Å². The van der Waals surface area contributed by atoms with Crippen molar-refractivity contribution in [1.29, 1.82) is 0 Å². The number of esters is 1. The third-order valence-corrected chi connectivity index (χ3v) is 3.35. The molecule has 1 aliphatic heterocycles. The number of ether oxygens (including phenoxy) is 1. The fourth-order valence-corrected chi connectivity index (χ4v) is 2.43. The van der Waals surface area contributed by atoms with Crippen molar-refractivity contribution in [2.45, 2.75) is 44.6 Å². The number of rotatable bonds is 0. The average molecular weight is 180 g/mol. The van der Waals surface area contributed by atoms with E-state index in [-0.39, 0.29) is 11.6 Å². The summed E-state index contributed by atoms with van der Waals surface area (Å²) >= 11 is 0. The molecule has 1 fully saturated rings. The van der Waals surface area contributed by atoms with Crippen molar-refractivity contribution in [2.24, 2.45) is 5.92 Å². The fourth-order valence-electron chi connectivity index (χ4n) is 2.43. The van der Waals surface area contributed by atoms with Crippen molar-refractivity contribution in [2.75, 3.05) is 0 Å². The van der Waals surface area contributed by atoms with Crippen LogP contribution >= 0.6 is 0 Å². The van der Waals surface area contributed by atoms with Crippen LogP contribution in [0.5, 0.6) is 0 Å². The van der Waals surface area contributed by atoms with E-state index >= 15 is 0 Å². The van der Waals surface area contributed by atoms with Crippen LogP contribution in [0, 0.1) is 5.92 Å². The van der Waals surface area contributed by atoms with Crippen LogP contribution in [0.4, 0.5) is 0 Å². The first kappa shape index (κ1) is 8.79. The predicted molar refractivity (Wildman–Crippen MR) is 50.2 cm³/mol. The molecule has 0 aromatic rings. The minimum absolute atomic E-state index is 0.149. The van der Waals surface area contributed by atoms with Gasteiger partial charge in [-0.2, -0.15) is 0 Å². The summed E-state index contributed by atoms with van der Waals surface area (Å²) in [6.07, 6.45) is 9.34. The second-order valence-electron chi connectivity index (χ2n) is 4.19. The highest BCUT2D eigenvalue weighted by atomic mass is 16.6. The summed E-state index contributed by atoms with van der Waals surface area (Å²) < 4.78 is 5.50. The van der Waals surface area contributed by atoms with Crippen LogP contribution in [0.2, 0.25) is 0 Å². The topological polar surface area (TPSA) is 26.3 Å². The van der Waals surface area contributed by atoms with Gasteiger partial charge in [0, 0.05) is 12.0 Å². The molecule has 1 aliphatic carbocycles. The standard InChI is InChI=1S/C11H16O2/c1-9-5-6-10(12)13-11(9)7-3-2-4-8-11/h5-6,9H,2-4,7-8H2,1H3/t9-/m1/s1. The molecular weight excluding hydrogens is 164 g/mol. The van der Waals surface area contributed by atoms with E-state index in [0.29, 0.717) is 5.92 Å². The second kappa shape index (κ2) is 3.17. The quantitative estimate of drug-likeness (QED) is 0.535. The van der Waals surface area contributed by atoms with Gasteiger partial charge in [0.2, 0.25) is 0 Å². The Labute approximate surface area is 79.0 Å². The van der Waals surface area contributed by atoms with Crippen molar-refractivity contribution in [1.82, 2.24) is 0 Å². The van der Waals surface area contributed by atoms with E-state index < -0.39 is 0 Å². The molecule has 1 spiro atoms. The van der Waals surface area contributed by atoms with E-state index in [4.69, 9.17) is 4.74 Å². The van der Waals surface area contributed by atoms with Gasteiger partial charge >= 0.3 is 5.97 Å². The molecule has 2 rings (SSSR count). The summed E-state index contributed by atoms with van der Waals surface area (Å²) in [5.41, 5.74) is -0.149. The van der Waals surface area contributed by atoms with Crippen LogP contribution in [0.3, 0.4) is 0 Å². The number of carbonyl (C=O) groups is 1. The lowest BCUT2D eigenvalue weighted by Gasteiger charge is -2.42. The van der Waals surface area contributed by atoms with E-state index in [0.717, 1.165) is 12.8 Å². The van der Waals surface area contributed by atoms with Crippen LogP contribution in [0.1, 0.15) is 39.0 Å². The highest BCUT2D eigenvalue weighted by molar-refractivity contribution is 5.83. The van der Waals surface area contributed by atoms with E-state index in [2.05, 4.69) is 6.92 Å². The minimum Gasteiger partial charge on any atom is -0.455 e. The highest BCUT2D eigenvalue weighted by Crippen LogP contribution is 2.40. The maximum atomic E-state index is 11.2. The Morgan fingerprint density at radius 1 is 1.38 bits per heavy atom. The maximum absolute atomic E-state index is 11.2. The largest absolute Gasteiger partial charge is 0.455 e. The number of hydrogen-bond donors (Lipinski definition) is 0. The van der Waals surface area contributed by atoms with Gasteiger partial charge in [-0.1, -0.05) is 19.4 Å². The molecule has 13 heavy (non-hydrogen) atoms. The first-order chi connectivity index (χ1) is 6.23. The van der Waals surface area contributed by atoms with Gasteiger partial charge in [-0.05, 0) is 25.7 Å². The van der Waals surface area contributed by atoms with Crippen molar-refractivity contribution in [3.8, 4) is 0 Å². The molecular formula is C11H16O2. The summed E-state index contributed by atoms with van der Waals surface area (Å²) in [5.74, 6) is 0.241. The lowest BCUT2D eigenvalue weighted by atomic mass is 9.75. The second-order valence-corrected chi connectivity index (χ2v) is 4.19. The zero-order chi connectivity index (χ0) is 9.31. The molecule has 0 aromatic carbocycles. The lowest BCUT2D eigenvalue weighted by molar-refractivity contribution is -0.164. The normalized spacial score (nSPS) is 31.8. The zero-order valence-corrected chi connectivity index (χ0v) is 8.08. The van der Waals surface area contributed by atoms with Gasteiger partial charge in [0.05, 0.1) is 0 Å². The van der Waals surface area contributed by atoms with E-state index in [1.807, 2.05) is 6.08 Å². The van der Waals surface area contributed by atoms with Crippen LogP contribution in [-0.2, 0) is 9.53 Å². The molecule has 2 nitrogen and oxygen atoms in total. The molecule has 0 saturated heterocycles. The zero-order valence-electron chi connectivity index (χ0n) is 8.08. The molecule has 2 heteroatoms. The lowest BCUT2D eigenvalue weighted by Crippen LogP contribution is -2.44. The minimum atomic E-state index is -0.153. The summed E-state index contributed by atoms with van der Waals surface area (Å²) in [6, 6.07) is 0. The average Bonchev–Trinajstić information content (AvgIpc) is 2.14. The molecule has 0 N–H and O–H groups in total. The Bertz CT molecular complexity index is 236. The maximum Gasteiger partial charge on any atom is 0.331 e. The molecule has 0 bridgehead atoms. The highest BCUT2D eigenvalue weighted by Gasteiger charge is 2.41. The van der Waals surface area contributed by atoms with E-state index in [1.54, 1.807) is 6.08 Å². The monoisotopic (exact) mass is 180 g/mol. The van der Waals surface area contributed by atoms with Crippen LogP contribution < -0.4 is 0 Å². The van der Waals surface area contributed by atoms with Gasteiger partial charge in [-0.3, -0.25) is 0 Å². The predicted octanol–water partition coefficient (Wildman–Crippen LogP) is 2.44. The van der Waals surface area contributed by atoms with Gasteiger partial charge in [0.15, 0.2) is 0 Å². The molecule has 0 radical (unpaired) electrons. The first-order valence-electron chi connectivity index (χ1n) is 5.14. The van der Waals surface area contributed by atoms with E-state index in [9.17, 15) is 4.79 Å². The van der Waals surface area contributed by atoms with Crippen LogP contribution in [-0.4, -0.2) is 11.6 Å². The molecule has 0 aromatic heterocycles.